The lowest BCUT2D eigenvalue weighted by molar-refractivity contribution is 0.564. The van der Waals surface area contributed by atoms with Gasteiger partial charge in [-0.25, -0.2) is 0 Å². The summed E-state index contributed by atoms with van der Waals surface area (Å²) >= 11 is 0. The Kier molecular flexibility index (Phi) is 3.00. The molecule has 1 aromatic carbocycles. The Hall–Kier alpha value is -1.08. The van der Waals surface area contributed by atoms with Crippen LogP contribution in [0.15, 0.2) is 36.4 Å². The second-order valence-corrected chi connectivity index (χ2v) is 3.77. The van der Waals surface area contributed by atoms with E-state index in [0.717, 1.165) is 6.54 Å². The van der Waals surface area contributed by atoms with Gasteiger partial charge in [0.05, 0.1) is 0 Å². The Balaban J connectivity index is 2.03. The highest BCUT2D eigenvalue weighted by atomic mass is 14.9. The molecule has 74 valence electrons. The van der Waals surface area contributed by atoms with E-state index in [1.165, 1.54) is 24.0 Å². The maximum absolute atomic E-state index is 3.55. The van der Waals surface area contributed by atoms with E-state index >= 15 is 0 Å². The number of hydrogen-bond acceptors (Lipinski definition) is 1. The third kappa shape index (κ3) is 1.88. The lowest BCUT2D eigenvalue weighted by Gasteiger charge is -2.11. The Labute approximate surface area is 85.8 Å². The Morgan fingerprint density at radius 1 is 1.43 bits per heavy atom. The molecule has 2 rings (SSSR count). The first-order valence-corrected chi connectivity index (χ1v) is 5.34. The van der Waals surface area contributed by atoms with Gasteiger partial charge in [0.25, 0.3) is 0 Å². The molecule has 1 aliphatic carbocycles. The van der Waals surface area contributed by atoms with Gasteiger partial charge in [0.2, 0.25) is 0 Å². The first-order valence-electron chi connectivity index (χ1n) is 5.34. The normalized spacial score (nSPS) is 20.2. The predicted octanol–water partition coefficient (Wildman–Crippen LogP) is 2.84. The van der Waals surface area contributed by atoms with Crippen LogP contribution in [0.1, 0.15) is 30.5 Å². The van der Waals surface area contributed by atoms with E-state index in [2.05, 4.69) is 48.7 Å². The summed E-state index contributed by atoms with van der Waals surface area (Å²) in [5.41, 5.74) is 3.02. The quantitative estimate of drug-likeness (QED) is 0.717. The number of benzene rings is 1. The maximum Gasteiger partial charge on any atom is 0.0328 e. The van der Waals surface area contributed by atoms with E-state index in [-0.39, 0.29) is 0 Å². The van der Waals surface area contributed by atoms with Gasteiger partial charge >= 0.3 is 0 Å². The fourth-order valence-electron chi connectivity index (χ4n) is 2.10. The van der Waals surface area contributed by atoms with Crippen LogP contribution in [0.2, 0.25) is 0 Å². The number of hydrogen-bond donors (Lipinski definition) is 1. The zero-order chi connectivity index (χ0) is 9.80. The van der Waals surface area contributed by atoms with Crippen LogP contribution in [0, 0.1) is 0 Å². The topological polar surface area (TPSA) is 12.0 Å². The van der Waals surface area contributed by atoms with Crippen LogP contribution in [-0.2, 0) is 6.42 Å². The van der Waals surface area contributed by atoms with Gasteiger partial charge in [-0.3, -0.25) is 0 Å². The highest BCUT2D eigenvalue weighted by Gasteiger charge is 2.20. The van der Waals surface area contributed by atoms with Gasteiger partial charge in [0.1, 0.15) is 0 Å². The minimum Gasteiger partial charge on any atom is -0.306 e. The molecule has 1 heteroatoms. The van der Waals surface area contributed by atoms with Crippen LogP contribution in [0.5, 0.6) is 0 Å². The fourth-order valence-corrected chi connectivity index (χ4v) is 2.10. The van der Waals surface area contributed by atoms with Crippen LogP contribution < -0.4 is 5.32 Å². The lowest BCUT2D eigenvalue weighted by Crippen LogP contribution is -2.18. The van der Waals surface area contributed by atoms with E-state index in [1.807, 2.05) is 0 Å². The third-order valence-corrected chi connectivity index (χ3v) is 2.85. The molecule has 1 aliphatic rings. The van der Waals surface area contributed by atoms with Gasteiger partial charge in [-0.15, -0.1) is 0 Å². The Bertz CT molecular complexity index is 328. The van der Waals surface area contributed by atoms with Gasteiger partial charge < -0.3 is 5.32 Å². The van der Waals surface area contributed by atoms with Crippen molar-refractivity contribution in [2.24, 2.45) is 0 Å². The summed E-state index contributed by atoms with van der Waals surface area (Å²) in [6.45, 7) is 3.04. The monoisotopic (exact) mass is 187 g/mol. The van der Waals surface area contributed by atoms with Crippen molar-refractivity contribution in [3.05, 3.63) is 47.5 Å². The van der Waals surface area contributed by atoms with E-state index in [4.69, 9.17) is 0 Å². The number of fused-ring (bicyclic) bond motifs is 1. The molecule has 0 bridgehead atoms. The summed E-state index contributed by atoms with van der Waals surface area (Å²) in [5.74, 6) is 0. The molecule has 0 radical (unpaired) electrons. The van der Waals surface area contributed by atoms with E-state index < -0.39 is 0 Å². The van der Waals surface area contributed by atoms with Gasteiger partial charge in [-0.1, -0.05) is 36.4 Å². The van der Waals surface area contributed by atoms with Crippen molar-refractivity contribution in [2.75, 3.05) is 6.54 Å². The predicted molar refractivity (Wildman–Crippen MR) is 60.3 cm³/mol. The second kappa shape index (κ2) is 4.43. The number of nitrogens with one attached hydrogen (secondary N) is 1. The van der Waals surface area contributed by atoms with Crippen molar-refractivity contribution in [2.45, 2.75) is 25.8 Å². The SMILES string of the molecule is C/C=C/CN[C@@H]1CCc2ccccc21. The molecule has 1 atom stereocenters. The van der Waals surface area contributed by atoms with Gasteiger partial charge in [0.15, 0.2) is 0 Å². The second-order valence-electron chi connectivity index (χ2n) is 3.77. The van der Waals surface area contributed by atoms with Gasteiger partial charge in [-0.2, -0.15) is 0 Å². The van der Waals surface area contributed by atoms with Crippen molar-refractivity contribution in [3.8, 4) is 0 Å². The molecule has 0 aliphatic heterocycles. The molecule has 0 aromatic heterocycles. The van der Waals surface area contributed by atoms with Crippen LogP contribution >= 0.6 is 0 Å². The largest absolute Gasteiger partial charge is 0.306 e. The molecule has 0 amide bonds. The highest BCUT2D eigenvalue weighted by molar-refractivity contribution is 5.34. The molecule has 0 spiro atoms. The summed E-state index contributed by atoms with van der Waals surface area (Å²) in [4.78, 5) is 0. The summed E-state index contributed by atoms with van der Waals surface area (Å²) in [7, 11) is 0. The summed E-state index contributed by atoms with van der Waals surface area (Å²) in [5, 5.41) is 3.55. The van der Waals surface area contributed by atoms with Crippen molar-refractivity contribution in [1.29, 1.82) is 0 Å². The fraction of sp³-hybridized carbons (Fsp3) is 0.385. The van der Waals surface area contributed by atoms with Crippen LogP contribution in [0.25, 0.3) is 0 Å². The van der Waals surface area contributed by atoms with Crippen LogP contribution in [0.3, 0.4) is 0 Å². The third-order valence-electron chi connectivity index (χ3n) is 2.85. The van der Waals surface area contributed by atoms with E-state index in [1.54, 1.807) is 0 Å². The summed E-state index contributed by atoms with van der Waals surface area (Å²) < 4.78 is 0. The van der Waals surface area contributed by atoms with Gasteiger partial charge in [0, 0.05) is 12.6 Å². The Morgan fingerprint density at radius 3 is 3.14 bits per heavy atom. The smallest absolute Gasteiger partial charge is 0.0328 e. The number of rotatable bonds is 3. The lowest BCUT2D eigenvalue weighted by atomic mass is 10.1. The molecule has 1 N–H and O–H groups in total. The highest BCUT2D eigenvalue weighted by Crippen LogP contribution is 2.30. The molecule has 1 nitrogen and oxygen atoms in total. The molecule has 0 heterocycles. The van der Waals surface area contributed by atoms with Crippen LogP contribution in [-0.4, -0.2) is 6.54 Å². The first-order chi connectivity index (χ1) is 6.92. The molecular formula is C13H17N. The van der Waals surface area contributed by atoms with Gasteiger partial charge in [-0.05, 0) is 30.9 Å². The van der Waals surface area contributed by atoms with Crippen molar-refractivity contribution < 1.29 is 0 Å². The molecule has 0 saturated carbocycles. The number of aryl methyl sites for hydroxylation is 1. The summed E-state index contributed by atoms with van der Waals surface area (Å²) in [6, 6.07) is 9.33. The van der Waals surface area contributed by atoms with Crippen LogP contribution in [0.4, 0.5) is 0 Å². The number of allylic oxidation sites excluding steroid dienone is 1. The van der Waals surface area contributed by atoms with E-state index in [0.29, 0.717) is 6.04 Å². The molecule has 0 fully saturated rings. The molecule has 14 heavy (non-hydrogen) atoms. The minimum atomic E-state index is 0.572. The average molecular weight is 187 g/mol. The maximum atomic E-state index is 3.55. The van der Waals surface area contributed by atoms with Crippen molar-refractivity contribution in [1.82, 2.24) is 5.32 Å². The van der Waals surface area contributed by atoms with Crippen molar-refractivity contribution in [3.63, 3.8) is 0 Å². The summed E-state index contributed by atoms with van der Waals surface area (Å²) in [6.07, 6.45) is 6.73. The molecular weight excluding hydrogens is 170 g/mol. The van der Waals surface area contributed by atoms with Crippen molar-refractivity contribution >= 4 is 0 Å². The zero-order valence-corrected chi connectivity index (χ0v) is 8.66. The molecule has 1 aromatic rings. The average Bonchev–Trinajstić information content (AvgIpc) is 2.63. The zero-order valence-electron chi connectivity index (χ0n) is 8.66. The Morgan fingerprint density at radius 2 is 2.29 bits per heavy atom. The first kappa shape index (κ1) is 9.47. The van der Waals surface area contributed by atoms with E-state index in [9.17, 15) is 0 Å². The molecule has 0 unspecified atom stereocenters. The molecule has 0 saturated heterocycles. The minimum absolute atomic E-state index is 0.572. The standard InChI is InChI=1S/C13H17N/c1-2-3-10-14-13-9-8-11-6-4-5-7-12(11)13/h2-7,13-14H,8-10H2,1H3/b3-2+/t13-/m1/s1.